The van der Waals surface area contributed by atoms with E-state index in [1.54, 1.807) is 18.2 Å². The van der Waals surface area contributed by atoms with Gasteiger partial charge in [-0.2, -0.15) is 0 Å². The van der Waals surface area contributed by atoms with Crippen molar-refractivity contribution in [3.05, 3.63) is 28.2 Å². The molecule has 0 radical (unpaired) electrons. The van der Waals surface area contributed by atoms with E-state index < -0.39 is 0 Å². The molecule has 0 aliphatic heterocycles. The number of carbonyl (C=O) groups is 2. The van der Waals surface area contributed by atoms with Crippen LogP contribution in [-0.4, -0.2) is 25.7 Å². The lowest BCUT2D eigenvalue weighted by atomic mass is 10.2. The predicted octanol–water partition coefficient (Wildman–Crippen LogP) is 3.85. The number of amides is 2. The smallest absolute Gasteiger partial charge is 0.319 e. The van der Waals surface area contributed by atoms with Crippen LogP contribution in [0.1, 0.15) is 25.7 Å². The Labute approximate surface area is 133 Å². The first-order valence-electron chi connectivity index (χ1n) is 6.59. The van der Waals surface area contributed by atoms with Gasteiger partial charge in [-0.1, -0.05) is 29.6 Å². The number of rotatable bonds is 7. The highest BCUT2D eigenvalue weighted by Crippen LogP contribution is 2.24. The number of ether oxygens (including phenoxy) is 1. The summed E-state index contributed by atoms with van der Waals surface area (Å²) in [5, 5.41) is 6.21. The monoisotopic (exact) mass is 332 g/mol. The van der Waals surface area contributed by atoms with Gasteiger partial charge in [0.15, 0.2) is 0 Å². The van der Waals surface area contributed by atoms with E-state index in [9.17, 15) is 9.59 Å². The summed E-state index contributed by atoms with van der Waals surface area (Å²) in [6.45, 7) is 0.536. The number of hydrogen-bond acceptors (Lipinski definition) is 3. The lowest BCUT2D eigenvalue weighted by molar-refractivity contribution is -0.140. The van der Waals surface area contributed by atoms with Gasteiger partial charge in [0.2, 0.25) is 0 Å². The van der Waals surface area contributed by atoms with Crippen LogP contribution in [0.2, 0.25) is 10.0 Å². The van der Waals surface area contributed by atoms with Gasteiger partial charge in [-0.3, -0.25) is 4.79 Å². The number of nitrogens with one attached hydrogen (secondary N) is 2. The first kappa shape index (κ1) is 17.6. The Morgan fingerprint density at radius 2 is 1.90 bits per heavy atom. The van der Waals surface area contributed by atoms with Gasteiger partial charge in [-0.15, -0.1) is 0 Å². The quantitative estimate of drug-likeness (QED) is 0.588. The fourth-order valence-corrected chi connectivity index (χ4v) is 1.92. The molecule has 0 spiro atoms. The molecule has 1 aromatic carbocycles. The number of urea groups is 1. The number of carbonyl (C=O) groups excluding carboxylic acids is 2. The Hall–Kier alpha value is -1.46. The summed E-state index contributed by atoms with van der Waals surface area (Å²) in [6.07, 6.45) is 2.81. The zero-order chi connectivity index (χ0) is 15.7. The highest BCUT2D eigenvalue weighted by atomic mass is 35.5. The Balaban J connectivity index is 2.16. The van der Waals surface area contributed by atoms with Crippen LogP contribution in [0, 0.1) is 0 Å². The molecule has 0 heterocycles. The van der Waals surface area contributed by atoms with Gasteiger partial charge < -0.3 is 15.4 Å². The van der Waals surface area contributed by atoms with Gasteiger partial charge in [0, 0.05) is 18.7 Å². The summed E-state index contributed by atoms with van der Waals surface area (Å²) in [7, 11) is 1.37. The normalized spacial score (nSPS) is 10.0. The van der Waals surface area contributed by atoms with E-state index >= 15 is 0 Å². The fraction of sp³-hybridized carbons (Fsp3) is 0.429. The van der Waals surface area contributed by atoms with Gasteiger partial charge in [0.1, 0.15) is 0 Å². The average Bonchev–Trinajstić information content (AvgIpc) is 2.46. The van der Waals surface area contributed by atoms with Crippen LogP contribution in [0.25, 0.3) is 0 Å². The molecule has 7 heteroatoms. The van der Waals surface area contributed by atoms with Gasteiger partial charge in [0.25, 0.3) is 0 Å². The van der Waals surface area contributed by atoms with Crippen molar-refractivity contribution in [1.29, 1.82) is 0 Å². The highest BCUT2D eigenvalue weighted by molar-refractivity contribution is 6.42. The summed E-state index contributed by atoms with van der Waals surface area (Å²) < 4.78 is 4.54. The molecular formula is C14H18Cl2N2O3. The van der Waals surface area contributed by atoms with Gasteiger partial charge in [-0.05, 0) is 31.0 Å². The molecule has 1 aromatic rings. The molecule has 0 aliphatic rings. The molecule has 0 atom stereocenters. The molecule has 116 valence electrons. The second kappa shape index (κ2) is 9.47. The molecular weight excluding hydrogens is 315 g/mol. The summed E-state index contributed by atoms with van der Waals surface area (Å²) >= 11 is 11.6. The standard InChI is InChI=1S/C14H18Cl2N2O3/c1-21-13(19)5-3-2-4-8-17-14(20)18-10-6-7-11(15)12(16)9-10/h6-7,9H,2-5,8H2,1H3,(H2,17,18,20). The fourth-order valence-electron chi connectivity index (χ4n) is 1.62. The van der Waals surface area contributed by atoms with Crippen LogP contribution >= 0.6 is 23.2 Å². The van der Waals surface area contributed by atoms with Crippen molar-refractivity contribution >= 4 is 40.9 Å². The molecule has 5 nitrogen and oxygen atoms in total. The van der Waals surface area contributed by atoms with Crippen LogP contribution in [0.4, 0.5) is 10.5 Å². The molecule has 21 heavy (non-hydrogen) atoms. The van der Waals surface area contributed by atoms with E-state index in [0.29, 0.717) is 28.7 Å². The summed E-state index contributed by atoms with van der Waals surface area (Å²) in [5.74, 6) is -0.208. The molecule has 0 aliphatic carbocycles. The maximum absolute atomic E-state index is 11.6. The summed E-state index contributed by atoms with van der Waals surface area (Å²) in [6, 6.07) is 4.57. The van der Waals surface area contributed by atoms with E-state index in [1.807, 2.05) is 0 Å². The Morgan fingerprint density at radius 3 is 2.57 bits per heavy atom. The molecule has 0 saturated carbocycles. The molecule has 0 aromatic heterocycles. The van der Waals surface area contributed by atoms with Crippen LogP contribution in [-0.2, 0) is 9.53 Å². The first-order chi connectivity index (χ1) is 10.0. The zero-order valence-electron chi connectivity index (χ0n) is 11.7. The number of hydrogen-bond donors (Lipinski definition) is 2. The number of esters is 1. The van der Waals surface area contributed by atoms with Crippen molar-refractivity contribution in [2.45, 2.75) is 25.7 Å². The minimum atomic E-state index is -0.304. The third kappa shape index (κ3) is 7.20. The van der Waals surface area contributed by atoms with Crippen molar-refractivity contribution in [3.8, 4) is 0 Å². The lowest BCUT2D eigenvalue weighted by Gasteiger charge is -2.08. The van der Waals surface area contributed by atoms with Crippen LogP contribution in [0.3, 0.4) is 0 Å². The second-order valence-corrected chi connectivity index (χ2v) is 5.21. The van der Waals surface area contributed by atoms with E-state index in [4.69, 9.17) is 23.2 Å². The third-order valence-corrected chi connectivity index (χ3v) is 3.49. The zero-order valence-corrected chi connectivity index (χ0v) is 13.3. The molecule has 0 unspecified atom stereocenters. The van der Waals surface area contributed by atoms with E-state index in [2.05, 4.69) is 15.4 Å². The van der Waals surface area contributed by atoms with E-state index in [0.717, 1.165) is 19.3 Å². The van der Waals surface area contributed by atoms with E-state index in [-0.39, 0.29) is 12.0 Å². The minimum absolute atomic E-state index is 0.208. The number of unbranched alkanes of at least 4 members (excludes halogenated alkanes) is 2. The van der Waals surface area contributed by atoms with Crippen molar-refractivity contribution in [1.82, 2.24) is 5.32 Å². The SMILES string of the molecule is COC(=O)CCCCCNC(=O)Nc1ccc(Cl)c(Cl)c1. The number of benzene rings is 1. The van der Waals surface area contributed by atoms with Crippen molar-refractivity contribution in [2.24, 2.45) is 0 Å². The van der Waals surface area contributed by atoms with Crippen molar-refractivity contribution < 1.29 is 14.3 Å². The molecule has 0 fully saturated rings. The van der Waals surface area contributed by atoms with E-state index in [1.165, 1.54) is 7.11 Å². The Kier molecular flexibility index (Phi) is 7.93. The summed E-state index contributed by atoms with van der Waals surface area (Å²) in [5.41, 5.74) is 0.576. The Morgan fingerprint density at radius 1 is 1.14 bits per heavy atom. The minimum Gasteiger partial charge on any atom is -0.469 e. The lowest BCUT2D eigenvalue weighted by Crippen LogP contribution is -2.29. The summed E-state index contributed by atoms with van der Waals surface area (Å²) in [4.78, 5) is 22.5. The predicted molar refractivity (Wildman–Crippen MR) is 84.0 cm³/mol. The highest BCUT2D eigenvalue weighted by Gasteiger charge is 2.04. The van der Waals surface area contributed by atoms with Crippen LogP contribution < -0.4 is 10.6 Å². The van der Waals surface area contributed by atoms with Crippen molar-refractivity contribution in [2.75, 3.05) is 19.0 Å². The number of methoxy groups -OCH3 is 1. The van der Waals surface area contributed by atoms with Gasteiger partial charge in [-0.25, -0.2) is 4.79 Å². The Bertz CT molecular complexity index is 495. The largest absolute Gasteiger partial charge is 0.469 e. The maximum Gasteiger partial charge on any atom is 0.319 e. The molecule has 0 saturated heterocycles. The third-order valence-electron chi connectivity index (χ3n) is 2.75. The topological polar surface area (TPSA) is 67.4 Å². The van der Waals surface area contributed by atoms with Crippen LogP contribution in [0.5, 0.6) is 0 Å². The molecule has 0 bridgehead atoms. The van der Waals surface area contributed by atoms with Gasteiger partial charge >= 0.3 is 12.0 Å². The molecule has 2 amide bonds. The van der Waals surface area contributed by atoms with Gasteiger partial charge in [0.05, 0.1) is 17.2 Å². The number of halogens is 2. The molecule has 2 N–H and O–H groups in total. The van der Waals surface area contributed by atoms with Crippen molar-refractivity contribution in [3.63, 3.8) is 0 Å². The first-order valence-corrected chi connectivity index (χ1v) is 7.35. The number of anilines is 1. The maximum atomic E-state index is 11.6. The second-order valence-electron chi connectivity index (χ2n) is 4.40. The van der Waals surface area contributed by atoms with Crippen LogP contribution in [0.15, 0.2) is 18.2 Å². The average molecular weight is 333 g/mol. The molecule has 1 rings (SSSR count).